The summed E-state index contributed by atoms with van der Waals surface area (Å²) in [6.45, 7) is 10.6. The molecule has 316 valence electrons. The number of ketones is 3. The van der Waals surface area contributed by atoms with Crippen molar-refractivity contribution >= 4 is 47.0 Å². The SMILES string of the molecule is CCCC(CC(=O)[C@@H]1C[C@@H](OCC(=O)OC(C)(C)C)CN1C(=O)C(CC(=O)OCC(C)C)C1CCCCC1)C(=O)C(=O)CCC(=O)NC(C(N)=O)c1ccccc1. The minimum absolute atomic E-state index is 0.0159. The molecule has 1 aromatic rings. The number of hydrogen-bond donors (Lipinski definition) is 2. The zero-order valence-electron chi connectivity index (χ0n) is 34.6. The lowest BCUT2D eigenvalue weighted by Crippen LogP contribution is -2.47. The van der Waals surface area contributed by atoms with Crippen LogP contribution < -0.4 is 11.1 Å². The van der Waals surface area contributed by atoms with E-state index in [1.807, 2.05) is 20.8 Å². The minimum atomic E-state index is -1.12. The lowest BCUT2D eigenvalue weighted by molar-refractivity contribution is -0.162. The van der Waals surface area contributed by atoms with Crippen molar-refractivity contribution in [1.82, 2.24) is 10.2 Å². The van der Waals surface area contributed by atoms with E-state index in [1.165, 1.54) is 4.90 Å². The van der Waals surface area contributed by atoms with Gasteiger partial charge >= 0.3 is 11.9 Å². The van der Waals surface area contributed by atoms with Crippen molar-refractivity contribution in [1.29, 1.82) is 0 Å². The van der Waals surface area contributed by atoms with Gasteiger partial charge in [-0.05, 0) is 57.4 Å². The quantitative estimate of drug-likeness (QED) is 0.121. The highest BCUT2D eigenvalue weighted by Crippen LogP contribution is 2.36. The second-order valence-corrected chi connectivity index (χ2v) is 16.8. The molecule has 3 unspecified atom stereocenters. The first-order valence-electron chi connectivity index (χ1n) is 20.4. The summed E-state index contributed by atoms with van der Waals surface area (Å²) in [5, 5.41) is 2.52. The molecule has 3 N–H and O–H groups in total. The predicted molar refractivity (Wildman–Crippen MR) is 210 cm³/mol. The maximum Gasteiger partial charge on any atom is 0.332 e. The number of Topliss-reactive ketones (excluding diaryl/α,β-unsaturated/α-hetero) is 3. The largest absolute Gasteiger partial charge is 0.465 e. The molecule has 3 rings (SSSR count). The number of ether oxygens (including phenoxy) is 3. The van der Waals surface area contributed by atoms with E-state index < -0.39 is 89.8 Å². The highest BCUT2D eigenvalue weighted by molar-refractivity contribution is 6.38. The Labute approximate surface area is 336 Å². The van der Waals surface area contributed by atoms with E-state index in [0.717, 1.165) is 32.1 Å². The van der Waals surface area contributed by atoms with Crippen LogP contribution in [0.15, 0.2) is 30.3 Å². The zero-order valence-corrected chi connectivity index (χ0v) is 34.6. The van der Waals surface area contributed by atoms with Crippen LogP contribution in [0.2, 0.25) is 0 Å². The lowest BCUT2D eigenvalue weighted by atomic mass is 9.77. The van der Waals surface area contributed by atoms with Crippen molar-refractivity contribution in [2.75, 3.05) is 19.8 Å². The first kappa shape index (κ1) is 46.9. The number of esters is 2. The summed E-state index contributed by atoms with van der Waals surface area (Å²) in [5.41, 5.74) is 5.22. The molecule has 0 aromatic heterocycles. The summed E-state index contributed by atoms with van der Waals surface area (Å²) < 4.78 is 16.8. The number of rotatable bonds is 22. The number of likely N-dealkylation sites (tertiary alicyclic amines) is 1. The molecule has 3 amide bonds. The molecule has 1 saturated carbocycles. The number of hydrogen-bond acceptors (Lipinski definition) is 11. The Balaban J connectivity index is 1.78. The third-order valence-electron chi connectivity index (χ3n) is 10.3. The fourth-order valence-electron chi connectivity index (χ4n) is 7.56. The Morgan fingerprint density at radius 3 is 2.18 bits per heavy atom. The van der Waals surface area contributed by atoms with Crippen molar-refractivity contribution < 1.29 is 52.6 Å². The lowest BCUT2D eigenvalue weighted by Gasteiger charge is -2.34. The average molecular weight is 798 g/mol. The van der Waals surface area contributed by atoms with E-state index in [-0.39, 0.29) is 63.0 Å². The summed E-state index contributed by atoms with van der Waals surface area (Å²) >= 11 is 0. The van der Waals surface area contributed by atoms with E-state index in [0.29, 0.717) is 12.0 Å². The van der Waals surface area contributed by atoms with Crippen LogP contribution in [0.25, 0.3) is 0 Å². The van der Waals surface area contributed by atoms with Crippen LogP contribution in [-0.4, -0.2) is 89.4 Å². The molecule has 2 fully saturated rings. The summed E-state index contributed by atoms with van der Waals surface area (Å²) in [7, 11) is 0. The highest BCUT2D eigenvalue weighted by Gasteiger charge is 2.45. The molecule has 14 nitrogen and oxygen atoms in total. The Morgan fingerprint density at radius 1 is 0.912 bits per heavy atom. The molecule has 1 heterocycles. The molecule has 1 saturated heterocycles. The van der Waals surface area contributed by atoms with Gasteiger partial charge in [0.1, 0.15) is 18.2 Å². The van der Waals surface area contributed by atoms with Gasteiger partial charge in [0.15, 0.2) is 11.6 Å². The van der Waals surface area contributed by atoms with Gasteiger partial charge in [-0.15, -0.1) is 0 Å². The molecule has 1 aliphatic heterocycles. The van der Waals surface area contributed by atoms with Crippen molar-refractivity contribution in [2.45, 2.75) is 142 Å². The number of carbonyl (C=O) groups is 8. The van der Waals surface area contributed by atoms with Crippen LogP contribution in [0.1, 0.15) is 130 Å². The van der Waals surface area contributed by atoms with Gasteiger partial charge in [-0.25, -0.2) is 4.79 Å². The van der Waals surface area contributed by atoms with Gasteiger partial charge < -0.3 is 30.2 Å². The van der Waals surface area contributed by atoms with Gasteiger partial charge in [0, 0.05) is 38.1 Å². The standard InChI is InChI=1S/C43H63N3O11/c1-7-14-30(40(52)34(47)19-20-36(49)45-39(41(44)53)29-17-12-9-13-18-29)21-35(48)33-22-31(55-26-38(51)57-43(4,5)6)24-46(33)42(54)32(28-15-10-8-11-16-28)23-37(50)56-25-27(2)3/h9,12-13,17-18,27-28,30-33,39H,7-8,10-11,14-16,19-26H2,1-6H3,(H2,44,53)(H,45,49)/t30?,31-,32?,33+,39?/m1/s1. The molecule has 0 bridgehead atoms. The molecule has 2 aliphatic rings. The Morgan fingerprint density at radius 2 is 1.58 bits per heavy atom. The summed E-state index contributed by atoms with van der Waals surface area (Å²) in [5.74, 6) is -6.69. The summed E-state index contributed by atoms with van der Waals surface area (Å²) in [6.07, 6.45) is 3.09. The van der Waals surface area contributed by atoms with E-state index in [4.69, 9.17) is 19.9 Å². The third kappa shape index (κ3) is 15.4. The van der Waals surface area contributed by atoms with Gasteiger partial charge in [0.25, 0.3) is 0 Å². The molecular formula is C43H63N3O11. The van der Waals surface area contributed by atoms with Crippen LogP contribution >= 0.6 is 0 Å². The van der Waals surface area contributed by atoms with Crippen LogP contribution in [0, 0.1) is 23.7 Å². The zero-order chi connectivity index (χ0) is 42.3. The van der Waals surface area contributed by atoms with Crippen molar-refractivity contribution in [3.63, 3.8) is 0 Å². The monoisotopic (exact) mass is 797 g/mol. The smallest absolute Gasteiger partial charge is 0.332 e. The van der Waals surface area contributed by atoms with Gasteiger partial charge in [0.05, 0.1) is 31.1 Å². The third-order valence-corrected chi connectivity index (χ3v) is 10.3. The molecule has 57 heavy (non-hydrogen) atoms. The van der Waals surface area contributed by atoms with E-state index in [2.05, 4.69) is 5.32 Å². The Bertz CT molecular complexity index is 1570. The van der Waals surface area contributed by atoms with Gasteiger partial charge in [-0.1, -0.05) is 76.8 Å². The van der Waals surface area contributed by atoms with Gasteiger partial charge in [-0.3, -0.25) is 33.6 Å². The van der Waals surface area contributed by atoms with Crippen LogP contribution in [0.4, 0.5) is 0 Å². The molecule has 1 aromatic carbocycles. The summed E-state index contributed by atoms with van der Waals surface area (Å²) in [6, 6.07) is 6.22. The number of carbonyl (C=O) groups excluding carboxylic acids is 8. The molecule has 14 heteroatoms. The van der Waals surface area contributed by atoms with Crippen LogP contribution in [0.5, 0.6) is 0 Å². The van der Waals surface area contributed by atoms with Gasteiger partial charge in [-0.2, -0.15) is 0 Å². The predicted octanol–water partition coefficient (Wildman–Crippen LogP) is 4.74. The molecule has 0 spiro atoms. The van der Waals surface area contributed by atoms with Crippen molar-refractivity contribution in [3.8, 4) is 0 Å². The Hall–Kier alpha value is -4.46. The first-order valence-corrected chi connectivity index (χ1v) is 20.4. The normalized spacial score (nSPS) is 19.0. The molecule has 0 radical (unpaired) electrons. The van der Waals surface area contributed by atoms with Crippen molar-refractivity contribution in [3.05, 3.63) is 35.9 Å². The second-order valence-electron chi connectivity index (χ2n) is 16.8. The Kier molecular flexibility index (Phi) is 18.5. The number of nitrogens with zero attached hydrogens (tertiary/aromatic N) is 1. The highest BCUT2D eigenvalue weighted by atomic mass is 16.6. The van der Waals surface area contributed by atoms with Gasteiger partial charge in [0.2, 0.25) is 23.5 Å². The molecule has 1 aliphatic carbocycles. The second kappa shape index (κ2) is 22.5. The van der Waals surface area contributed by atoms with Crippen LogP contribution in [0.3, 0.4) is 0 Å². The number of amides is 3. The fraction of sp³-hybridized carbons (Fsp3) is 0.674. The average Bonchev–Trinajstić information content (AvgIpc) is 3.60. The molecule has 5 atom stereocenters. The van der Waals surface area contributed by atoms with Crippen molar-refractivity contribution in [2.24, 2.45) is 29.4 Å². The summed E-state index contributed by atoms with van der Waals surface area (Å²) in [4.78, 5) is 107. The van der Waals surface area contributed by atoms with E-state index >= 15 is 0 Å². The number of nitrogens with two attached hydrogens (primary N) is 1. The van der Waals surface area contributed by atoms with E-state index in [9.17, 15) is 38.4 Å². The topological polar surface area (TPSA) is 206 Å². The van der Waals surface area contributed by atoms with Crippen LogP contribution in [-0.2, 0) is 52.6 Å². The number of primary amides is 1. The first-order chi connectivity index (χ1) is 26.9. The van der Waals surface area contributed by atoms with E-state index in [1.54, 1.807) is 51.1 Å². The maximum atomic E-state index is 14.5. The number of nitrogens with one attached hydrogen (secondary N) is 1. The number of benzene rings is 1. The fourth-order valence-corrected chi connectivity index (χ4v) is 7.56. The minimum Gasteiger partial charge on any atom is -0.465 e. The maximum absolute atomic E-state index is 14.5. The molecular weight excluding hydrogens is 734 g/mol.